The van der Waals surface area contributed by atoms with Crippen LogP contribution in [0.1, 0.15) is 24.0 Å². The molecule has 0 aliphatic rings. The molecule has 2 aromatic rings. The van der Waals surface area contributed by atoms with Gasteiger partial charge < -0.3 is 15.2 Å². The number of ether oxygens (including phenoxy) is 1. The minimum Gasteiger partial charge on any atom is -0.483 e. The largest absolute Gasteiger partial charge is 0.483 e. The first-order chi connectivity index (χ1) is 12.0. The lowest BCUT2D eigenvalue weighted by atomic mass is 9.99. The maximum absolute atomic E-state index is 13.0. The van der Waals surface area contributed by atoms with Crippen molar-refractivity contribution in [2.45, 2.75) is 19.3 Å². The van der Waals surface area contributed by atoms with E-state index in [1.165, 1.54) is 24.3 Å². The highest BCUT2D eigenvalue weighted by Gasteiger charge is 2.20. The normalized spacial score (nSPS) is 11.6. The molecule has 0 bridgehead atoms. The molecule has 1 unspecified atom stereocenters. The van der Waals surface area contributed by atoms with E-state index in [9.17, 15) is 19.1 Å². The van der Waals surface area contributed by atoms with Crippen LogP contribution in [0, 0.1) is 5.82 Å². The van der Waals surface area contributed by atoms with Crippen molar-refractivity contribution in [2.75, 3.05) is 13.2 Å². The van der Waals surface area contributed by atoms with Crippen molar-refractivity contribution >= 4 is 11.9 Å². The Morgan fingerprint density at radius 2 is 1.84 bits per heavy atom. The van der Waals surface area contributed by atoms with Crippen molar-refractivity contribution < 1.29 is 23.8 Å². The SMILES string of the molecule is CCc1ccccc1OCC(=O)NCC(C(=O)O)c1ccc(F)cc1. The molecule has 132 valence electrons. The van der Waals surface area contributed by atoms with E-state index in [-0.39, 0.29) is 13.2 Å². The predicted molar refractivity (Wildman–Crippen MR) is 91.1 cm³/mol. The van der Waals surface area contributed by atoms with Crippen LogP contribution < -0.4 is 10.1 Å². The van der Waals surface area contributed by atoms with Gasteiger partial charge in [0.1, 0.15) is 11.6 Å². The number of carbonyl (C=O) groups is 2. The second kappa shape index (κ2) is 8.82. The molecule has 0 saturated carbocycles. The average molecular weight is 345 g/mol. The molecule has 2 rings (SSSR count). The molecule has 1 amide bonds. The van der Waals surface area contributed by atoms with E-state index in [0.717, 1.165) is 12.0 Å². The van der Waals surface area contributed by atoms with Gasteiger partial charge in [-0.1, -0.05) is 37.3 Å². The maximum Gasteiger partial charge on any atom is 0.312 e. The van der Waals surface area contributed by atoms with Crippen molar-refractivity contribution in [2.24, 2.45) is 0 Å². The number of amides is 1. The van der Waals surface area contributed by atoms with Crippen molar-refractivity contribution in [1.29, 1.82) is 0 Å². The molecule has 0 aromatic heterocycles. The summed E-state index contributed by atoms with van der Waals surface area (Å²) < 4.78 is 18.4. The summed E-state index contributed by atoms with van der Waals surface area (Å²) in [5.74, 6) is -2.27. The van der Waals surface area contributed by atoms with E-state index < -0.39 is 23.6 Å². The Kier molecular flexibility index (Phi) is 6.51. The zero-order valence-corrected chi connectivity index (χ0v) is 13.9. The van der Waals surface area contributed by atoms with Gasteiger partial charge in [-0.05, 0) is 35.7 Å². The zero-order chi connectivity index (χ0) is 18.2. The molecule has 5 nitrogen and oxygen atoms in total. The van der Waals surface area contributed by atoms with Crippen LogP contribution in [-0.2, 0) is 16.0 Å². The van der Waals surface area contributed by atoms with Crippen molar-refractivity contribution in [1.82, 2.24) is 5.32 Å². The maximum atomic E-state index is 13.0. The Morgan fingerprint density at radius 1 is 1.16 bits per heavy atom. The monoisotopic (exact) mass is 345 g/mol. The van der Waals surface area contributed by atoms with Gasteiger partial charge in [0.2, 0.25) is 0 Å². The second-order valence-corrected chi connectivity index (χ2v) is 5.50. The van der Waals surface area contributed by atoms with Gasteiger partial charge in [0, 0.05) is 6.54 Å². The summed E-state index contributed by atoms with van der Waals surface area (Å²) in [7, 11) is 0. The highest BCUT2D eigenvalue weighted by atomic mass is 19.1. The minimum absolute atomic E-state index is 0.0986. The molecule has 0 fully saturated rings. The third-order valence-electron chi connectivity index (χ3n) is 3.79. The molecule has 0 heterocycles. The Morgan fingerprint density at radius 3 is 2.48 bits per heavy atom. The Balaban J connectivity index is 1.91. The molecule has 0 aliphatic carbocycles. The number of carboxylic acids is 1. The van der Waals surface area contributed by atoms with E-state index in [4.69, 9.17) is 4.74 Å². The molecule has 2 aromatic carbocycles. The van der Waals surface area contributed by atoms with Gasteiger partial charge in [-0.25, -0.2) is 4.39 Å². The number of aliphatic carboxylic acids is 1. The summed E-state index contributed by atoms with van der Waals surface area (Å²) >= 11 is 0. The van der Waals surface area contributed by atoms with Gasteiger partial charge >= 0.3 is 5.97 Å². The number of carboxylic acid groups (broad SMARTS) is 1. The van der Waals surface area contributed by atoms with Crippen LogP contribution in [0.25, 0.3) is 0 Å². The van der Waals surface area contributed by atoms with Crippen LogP contribution in [0.15, 0.2) is 48.5 Å². The van der Waals surface area contributed by atoms with Gasteiger partial charge in [0.05, 0.1) is 5.92 Å². The lowest BCUT2D eigenvalue weighted by molar-refractivity contribution is -0.138. The van der Waals surface area contributed by atoms with Gasteiger partial charge in [-0.2, -0.15) is 0 Å². The molecule has 2 N–H and O–H groups in total. The Labute approximate surface area is 145 Å². The Hall–Kier alpha value is -2.89. The number of rotatable bonds is 8. The standard InChI is InChI=1S/C19H20FNO4/c1-2-13-5-3-4-6-17(13)25-12-18(22)21-11-16(19(23)24)14-7-9-15(20)10-8-14/h3-10,16H,2,11-12H2,1H3,(H,21,22)(H,23,24). The molecule has 0 aliphatic heterocycles. The van der Waals surface area contributed by atoms with Crippen LogP contribution in [-0.4, -0.2) is 30.1 Å². The van der Waals surface area contributed by atoms with Gasteiger partial charge in [0.25, 0.3) is 5.91 Å². The van der Waals surface area contributed by atoms with Gasteiger partial charge in [0.15, 0.2) is 6.61 Å². The first kappa shape index (κ1) is 18.4. The third kappa shape index (κ3) is 5.31. The fourth-order valence-electron chi connectivity index (χ4n) is 2.39. The van der Waals surface area contributed by atoms with E-state index >= 15 is 0 Å². The van der Waals surface area contributed by atoms with E-state index in [1.807, 2.05) is 25.1 Å². The predicted octanol–water partition coefficient (Wildman–Crippen LogP) is 2.75. The van der Waals surface area contributed by atoms with Crippen LogP contribution in [0.3, 0.4) is 0 Å². The number of hydrogen-bond acceptors (Lipinski definition) is 3. The second-order valence-electron chi connectivity index (χ2n) is 5.50. The van der Waals surface area contributed by atoms with E-state index in [0.29, 0.717) is 11.3 Å². The van der Waals surface area contributed by atoms with Crippen molar-refractivity contribution in [3.63, 3.8) is 0 Å². The topological polar surface area (TPSA) is 75.6 Å². The van der Waals surface area contributed by atoms with Gasteiger partial charge in [-0.3, -0.25) is 9.59 Å². The summed E-state index contributed by atoms with van der Waals surface area (Å²) in [6, 6.07) is 12.6. The van der Waals surface area contributed by atoms with Crippen molar-refractivity contribution in [3.8, 4) is 5.75 Å². The molecule has 0 spiro atoms. The number of nitrogens with one attached hydrogen (secondary N) is 1. The van der Waals surface area contributed by atoms with Crippen LogP contribution >= 0.6 is 0 Å². The number of carbonyl (C=O) groups excluding carboxylic acids is 1. The summed E-state index contributed by atoms with van der Waals surface area (Å²) in [4.78, 5) is 23.3. The van der Waals surface area contributed by atoms with E-state index in [1.54, 1.807) is 6.07 Å². The lowest BCUT2D eigenvalue weighted by Gasteiger charge is -2.15. The highest BCUT2D eigenvalue weighted by molar-refractivity contribution is 5.80. The summed E-state index contributed by atoms with van der Waals surface area (Å²) in [6.45, 7) is 1.69. The smallest absolute Gasteiger partial charge is 0.312 e. The third-order valence-corrected chi connectivity index (χ3v) is 3.79. The first-order valence-electron chi connectivity index (χ1n) is 7.97. The van der Waals surface area contributed by atoms with Crippen LogP contribution in [0.2, 0.25) is 0 Å². The lowest BCUT2D eigenvalue weighted by Crippen LogP contribution is -2.34. The van der Waals surface area contributed by atoms with Crippen LogP contribution in [0.5, 0.6) is 5.75 Å². The summed E-state index contributed by atoms with van der Waals surface area (Å²) in [5, 5.41) is 11.9. The minimum atomic E-state index is -1.09. The Bertz CT molecular complexity index is 730. The number of aryl methyl sites for hydroxylation is 1. The number of benzene rings is 2. The molecule has 25 heavy (non-hydrogen) atoms. The van der Waals surface area contributed by atoms with E-state index in [2.05, 4.69) is 5.32 Å². The molecule has 1 atom stereocenters. The number of para-hydroxylation sites is 1. The fourth-order valence-corrected chi connectivity index (χ4v) is 2.39. The van der Waals surface area contributed by atoms with Crippen molar-refractivity contribution in [3.05, 3.63) is 65.5 Å². The molecule has 0 saturated heterocycles. The number of halogens is 1. The summed E-state index contributed by atoms with van der Waals surface area (Å²) in [5.41, 5.74) is 1.41. The first-order valence-corrected chi connectivity index (χ1v) is 7.97. The molecule has 6 heteroatoms. The fraction of sp³-hybridized carbons (Fsp3) is 0.263. The quantitative estimate of drug-likeness (QED) is 0.771. The van der Waals surface area contributed by atoms with Gasteiger partial charge in [-0.15, -0.1) is 0 Å². The highest BCUT2D eigenvalue weighted by Crippen LogP contribution is 2.18. The molecular weight excluding hydrogens is 325 g/mol. The average Bonchev–Trinajstić information content (AvgIpc) is 2.61. The summed E-state index contributed by atoms with van der Waals surface area (Å²) in [6.07, 6.45) is 0.781. The molecule has 0 radical (unpaired) electrons. The zero-order valence-electron chi connectivity index (χ0n) is 13.9. The number of hydrogen-bond donors (Lipinski definition) is 2. The molecular formula is C19H20FNO4. The van der Waals surface area contributed by atoms with Crippen LogP contribution in [0.4, 0.5) is 4.39 Å².